The van der Waals surface area contributed by atoms with Crippen LogP contribution in [0.5, 0.6) is 0 Å². The van der Waals surface area contributed by atoms with E-state index in [1.54, 1.807) is 0 Å². The molecule has 72 valence electrons. The maximum Gasteiger partial charge on any atom is 0.146 e. The lowest BCUT2D eigenvalue weighted by Crippen LogP contribution is -2.00. The van der Waals surface area contributed by atoms with E-state index in [0.29, 0.717) is 5.82 Å². The molecule has 0 saturated heterocycles. The van der Waals surface area contributed by atoms with Crippen LogP contribution < -0.4 is 5.73 Å². The van der Waals surface area contributed by atoms with Gasteiger partial charge in [0, 0.05) is 16.2 Å². The zero-order valence-corrected chi connectivity index (χ0v) is 9.32. The Morgan fingerprint density at radius 3 is 2.64 bits per heavy atom. The van der Waals surface area contributed by atoms with Gasteiger partial charge in [-0.25, -0.2) is 4.68 Å². The minimum atomic E-state index is 0.540. The Morgan fingerprint density at radius 2 is 2.07 bits per heavy atom. The van der Waals surface area contributed by atoms with Crippen LogP contribution in [0.2, 0.25) is 0 Å². The van der Waals surface area contributed by atoms with Gasteiger partial charge in [-0.1, -0.05) is 12.1 Å². The molecule has 1 aromatic carbocycles. The fourth-order valence-electron chi connectivity index (χ4n) is 1.37. The average Bonchev–Trinajstić information content (AvgIpc) is 2.46. The van der Waals surface area contributed by atoms with Gasteiger partial charge in [-0.3, -0.25) is 0 Å². The highest BCUT2D eigenvalue weighted by molar-refractivity contribution is 9.10. The van der Waals surface area contributed by atoms with Gasteiger partial charge in [-0.05, 0) is 35.0 Å². The van der Waals surface area contributed by atoms with E-state index < -0.39 is 0 Å². The standard InChI is InChI=1S/C10H10BrN3/c1-7-6-10(12)13-14(7)9-5-3-2-4-8(9)11/h2-6H,1H3,(H2,12,13). The van der Waals surface area contributed by atoms with Crippen LogP contribution in [0, 0.1) is 6.92 Å². The molecule has 3 nitrogen and oxygen atoms in total. The zero-order valence-electron chi connectivity index (χ0n) is 7.74. The van der Waals surface area contributed by atoms with Gasteiger partial charge >= 0.3 is 0 Å². The number of nitrogens with zero attached hydrogens (tertiary/aromatic N) is 2. The van der Waals surface area contributed by atoms with Crippen molar-refractivity contribution in [1.29, 1.82) is 0 Å². The van der Waals surface area contributed by atoms with Crippen molar-refractivity contribution >= 4 is 21.7 Å². The lowest BCUT2D eigenvalue weighted by Gasteiger charge is -2.05. The molecule has 0 aliphatic heterocycles. The fraction of sp³-hybridized carbons (Fsp3) is 0.100. The Hall–Kier alpha value is -1.29. The third kappa shape index (κ3) is 1.53. The van der Waals surface area contributed by atoms with E-state index in [1.165, 1.54) is 0 Å². The highest BCUT2D eigenvalue weighted by Gasteiger charge is 2.06. The van der Waals surface area contributed by atoms with Gasteiger partial charge in [0.2, 0.25) is 0 Å². The van der Waals surface area contributed by atoms with Gasteiger partial charge in [0.25, 0.3) is 0 Å². The van der Waals surface area contributed by atoms with Crippen molar-refractivity contribution in [2.24, 2.45) is 0 Å². The van der Waals surface area contributed by atoms with Gasteiger partial charge in [0.1, 0.15) is 5.82 Å². The molecule has 0 fully saturated rings. The topological polar surface area (TPSA) is 43.8 Å². The third-order valence-corrected chi connectivity index (χ3v) is 2.66. The minimum absolute atomic E-state index is 0.540. The molecule has 2 N–H and O–H groups in total. The highest BCUT2D eigenvalue weighted by Crippen LogP contribution is 2.21. The predicted octanol–water partition coefficient (Wildman–Crippen LogP) is 2.53. The monoisotopic (exact) mass is 251 g/mol. The zero-order chi connectivity index (χ0) is 10.1. The molecule has 0 saturated carbocycles. The van der Waals surface area contributed by atoms with E-state index in [4.69, 9.17) is 5.73 Å². The number of hydrogen-bond acceptors (Lipinski definition) is 2. The van der Waals surface area contributed by atoms with Crippen molar-refractivity contribution < 1.29 is 0 Å². The molecule has 0 amide bonds. The Labute approximate surface area is 90.7 Å². The summed E-state index contributed by atoms with van der Waals surface area (Å²) >= 11 is 3.47. The number of nitrogen functional groups attached to an aromatic ring is 1. The number of aryl methyl sites for hydroxylation is 1. The molecular formula is C10H10BrN3. The number of hydrogen-bond donors (Lipinski definition) is 1. The summed E-state index contributed by atoms with van der Waals surface area (Å²) in [5.74, 6) is 0.540. The van der Waals surface area contributed by atoms with Crippen molar-refractivity contribution in [3.63, 3.8) is 0 Å². The van der Waals surface area contributed by atoms with E-state index >= 15 is 0 Å². The molecule has 1 heterocycles. The molecule has 0 aliphatic carbocycles. The van der Waals surface area contributed by atoms with Crippen molar-refractivity contribution in [2.75, 3.05) is 5.73 Å². The Kier molecular flexibility index (Phi) is 2.29. The van der Waals surface area contributed by atoms with Crippen LogP contribution in [0.4, 0.5) is 5.82 Å². The second kappa shape index (κ2) is 3.46. The molecule has 0 spiro atoms. The Morgan fingerprint density at radius 1 is 1.36 bits per heavy atom. The van der Waals surface area contributed by atoms with Crippen LogP contribution in [0.1, 0.15) is 5.69 Å². The SMILES string of the molecule is Cc1cc(N)nn1-c1ccccc1Br. The first-order valence-corrected chi connectivity index (χ1v) is 5.05. The minimum Gasteiger partial charge on any atom is -0.382 e. The van der Waals surface area contributed by atoms with Crippen molar-refractivity contribution in [3.05, 3.63) is 40.5 Å². The lowest BCUT2D eigenvalue weighted by molar-refractivity contribution is 0.847. The molecule has 1 aromatic heterocycles. The quantitative estimate of drug-likeness (QED) is 0.847. The molecule has 0 radical (unpaired) electrons. The molecule has 0 atom stereocenters. The summed E-state index contributed by atoms with van der Waals surface area (Å²) in [6, 6.07) is 9.75. The van der Waals surface area contributed by atoms with Crippen LogP contribution in [0.25, 0.3) is 5.69 Å². The van der Waals surface area contributed by atoms with Crippen LogP contribution in [-0.2, 0) is 0 Å². The molecule has 0 bridgehead atoms. The number of nitrogens with two attached hydrogens (primary N) is 1. The smallest absolute Gasteiger partial charge is 0.146 e. The van der Waals surface area contributed by atoms with Crippen LogP contribution >= 0.6 is 15.9 Å². The number of aromatic nitrogens is 2. The van der Waals surface area contributed by atoms with Gasteiger partial charge < -0.3 is 5.73 Å². The molecular weight excluding hydrogens is 242 g/mol. The van der Waals surface area contributed by atoms with Crippen LogP contribution in [0.15, 0.2) is 34.8 Å². The number of anilines is 1. The van der Waals surface area contributed by atoms with Gasteiger partial charge in [-0.2, -0.15) is 5.10 Å². The molecule has 0 aliphatic rings. The summed E-state index contributed by atoms with van der Waals surface area (Å²) in [6.45, 7) is 1.98. The average molecular weight is 252 g/mol. The largest absolute Gasteiger partial charge is 0.382 e. The Balaban J connectivity index is 2.60. The maximum atomic E-state index is 5.62. The number of para-hydroxylation sites is 1. The normalized spacial score (nSPS) is 10.4. The third-order valence-electron chi connectivity index (χ3n) is 1.99. The van der Waals surface area contributed by atoms with Gasteiger partial charge in [0.05, 0.1) is 5.69 Å². The van der Waals surface area contributed by atoms with Gasteiger partial charge in [-0.15, -0.1) is 0 Å². The summed E-state index contributed by atoms with van der Waals surface area (Å²) in [4.78, 5) is 0. The van der Waals surface area contributed by atoms with Gasteiger partial charge in [0.15, 0.2) is 0 Å². The number of rotatable bonds is 1. The summed E-state index contributed by atoms with van der Waals surface area (Å²) < 4.78 is 2.82. The predicted molar refractivity (Wildman–Crippen MR) is 60.4 cm³/mol. The van der Waals surface area contributed by atoms with E-state index in [-0.39, 0.29) is 0 Å². The van der Waals surface area contributed by atoms with E-state index in [1.807, 2.05) is 41.9 Å². The van der Waals surface area contributed by atoms with Crippen molar-refractivity contribution in [1.82, 2.24) is 9.78 Å². The summed E-state index contributed by atoms with van der Waals surface area (Å²) in [5, 5.41) is 4.21. The molecule has 4 heteroatoms. The summed E-state index contributed by atoms with van der Waals surface area (Å²) in [7, 11) is 0. The highest BCUT2D eigenvalue weighted by atomic mass is 79.9. The molecule has 2 aromatic rings. The molecule has 14 heavy (non-hydrogen) atoms. The Bertz CT molecular complexity index is 462. The van der Waals surface area contributed by atoms with E-state index in [2.05, 4.69) is 21.0 Å². The summed E-state index contributed by atoms with van der Waals surface area (Å²) in [5.41, 5.74) is 7.64. The fourth-order valence-corrected chi connectivity index (χ4v) is 1.82. The second-order valence-electron chi connectivity index (χ2n) is 3.07. The van der Waals surface area contributed by atoms with E-state index in [9.17, 15) is 0 Å². The van der Waals surface area contributed by atoms with Crippen molar-refractivity contribution in [3.8, 4) is 5.69 Å². The van der Waals surface area contributed by atoms with Crippen LogP contribution in [0.3, 0.4) is 0 Å². The second-order valence-corrected chi connectivity index (χ2v) is 3.93. The number of halogens is 1. The maximum absolute atomic E-state index is 5.62. The number of benzene rings is 1. The lowest BCUT2D eigenvalue weighted by atomic mass is 10.3. The first kappa shape index (κ1) is 9.27. The summed E-state index contributed by atoms with van der Waals surface area (Å²) in [6.07, 6.45) is 0. The van der Waals surface area contributed by atoms with E-state index in [0.717, 1.165) is 15.9 Å². The van der Waals surface area contributed by atoms with Crippen molar-refractivity contribution in [2.45, 2.75) is 6.92 Å². The van der Waals surface area contributed by atoms with Crippen LogP contribution in [-0.4, -0.2) is 9.78 Å². The first-order chi connectivity index (χ1) is 6.68. The molecule has 0 unspecified atom stereocenters. The molecule has 2 rings (SSSR count). The first-order valence-electron chi connectivity index (χ1n) is 4.25.